The Bertz CT molecular complexity index is 711. The maximum atomic E-state index is 12.3. The van der Waals surface area contributed by atoms with Crippen LogP contribution in [0.5, 0.6) is 0 Å². The zero-order valence-electron chi connectivity index (χ0n) is 14.8. The van der Waals surface area contributed by atoms with Crippen LogP contribution in [-0.4, -0.2) is 47.0 Å². The van der Waals surface area contributed by atoms with Crippen LogP contribution in [0.2, 0.25) is 0 Å². The predicted molar refractivity (Wildman–Crippen MR) is 97.0 cm³/mol. The van der Waals surface area contributed by atoms with Crippen LogP contribution in [0.25, 0.3) is 0 Å². The van der Waals surface area contributed by atoms with E-state index >= 15 is 0 Å². The highest BCUT2D eigenvalue weighted by Gasteiger charge is 2.18. The van der Waals surface area contributed by atoms with Crippen molar-refractivity contribution in [3.8, 4) is 0 Å². The van der Waals surface area contributed by atoms with Gasteiger partial charge in [-0.3, -0.25) is 0 Å². The summed E-state index contributed by atoms with van der Waals surface area (Å²) in [6.45, 7) is 6.63. The number of benzene rings is 1. The lowest BCUT2D eigenvalue weighted by Gasteiger charge is -2.19. The summed E-state index contributed by atoms with van der Waals surface area (Å²) in [6.07, 6.45) is 2.76. The molecule has 8 heteroatoms. The topological polar surface area (TPSA) is 83.6 Å². The Morgan fingerprint density at radius 3 is 2.08 bits per heavy atom. The summed E-state index contributed by atoms with van der Waals surface area (Å²) < 4.78 is 51.8. The van der Waals surface area contributed by atoms with Gasteiger partial charge in [-0.25, -0.2) is 25.9 Å². The predicted octanol–water partition coefficient (Wildman–Crippen LogP) is 2.15. The van der Waals surface area contributed by atoms with Gasteiger partial charge in [0, 0.05) is 19.6 Å². The van der Waals surface area contributed by atoms with Crippen LogP contribution in [0.4, 0.5) is 0 Å². The van der Waals surface area contributed by atoms with Gasteiger partial charge in [-0.15, -0.1) is 0 Å². The number of hydrogen-bond acceptors (Lipinski definition) is 4. The zero-order valence-corrected chi connectivity index (χ0v) is 16.5. The maximum absolute atomic E-state index is 12.3. The summed E-state index contributed by atoms with van der Waals surface area (Å²) in [5.41, 5.74) is 1.07. The summed E-state index contributed by atoms with van der Waals surface area (Å²) in [5, 5.41) is 0. The van der Waals surface area contributed by atoms with Crippen LogP contribution in [-0.2, 0) is 20.0 Å². The molecule has 0 fully saturated rings. The number of unbranched alkanes of at least 4 members (excludes halogenated alkanes) is 1. The average Bonchev–Trinajstić information content (AvgIpc) is 2.49. The average molecular weight is 377 g/mol. The molecule has 0 amide bonds. The van der Waals surface area contributed by atoms with Gasteiger partial charge in [0.1, 0.15) is 0 Å². The molecule has 6 nitrogen and oxygen atoms in total. The molecule has 0 aliphatic carbocycles. The highest BCUT2D eigenvalue weighted by molar-refractivity contribution is 7.89. The monoisotopic (exact) mass is 376 g/mol. The van der Waals surface area contributed by atoms with Crippen molar-refractivity contribution in [3.63, 3.8) is 0 Å². The first-order chi connectivity index (χ1) is 11.1. The minimum Gasteiger partial charge on any atom is -0.213 e. The standard InChI is InChI=1S/C16H28N2O4S2/c1-5-6-12-18(23(4,19)20)13-11-17-24(21,22)16-9-7-15(8-10-16)14(2)3/h7-10,14,17H,5-6,11-13H2,1-4H3. The quantitative estimate of drug-likeness (QED) is 0.678. The van der Waals surface area contributed by atoms with Gasteiger partial charge in [-0.2, -0.15) is 0 Å². The lowest BCUT2D eigenvalue weighted by molar-refractivity contribution is 0.408. The summed E-state index contributed by atoms with van der Waals surface area (Å²) >= 11 is 0. The molecule has 0 unspecified atom stereocenters. The van der Waals surface area contributed by atoms with Gasteiger partial charge in [0.15, 0.2) is 0 Å². The molecule has 138 valence electrons. The maximum Gasteiger partial charge on any atom is 0.240 e. The molecule has 1 aromatic carbocycles. The molecule has 1 rings (SSSR count). The Hall–Kier alpha value is -0.960. The molecule has 0 radical (unpaired) electrons. The Kier molecular flexibility index (Phi) is 7.85. The van der Waals surface area contributed by atoms with Crippen LogP contribution in [0, 0.1) is 0 Å². The molecule has 0 saturated carbocycles. The second kappa shape index (κ2) is 8.94. The number of rotatable bonds is 10. The van der Waals surface area contributed by atoms with Crippen LogP contribution in [0.1, 0.15) is 45.1 Å². The SMILES string of the molecule is CCCCN(CCNS(=O)(=O)c1ccc(C(C)C)cc1)S(C)(=O)=O. The van der Waals surface area contributed by atoms with Gasteiger partial charge < -0.3 is 0 Å². The molecule has 1 N–H and O–H groups in total. The number of nitrogens with zero attached hydrogens (tertiary/aromatic N) is 1. The van der Waals surface area contributed by atoms with Crippen molar-refractivity contribution >= 4 is 20.0 Å². The van der Waals surface area contributed by atoms with E-state index in [9.17, 15) is 16.8 Å². The first-order valence-corrected chi connectivity index (χ1v) is 11.5. The van der Waals surface area contributed by atoms with Crippen molar-refractivity contribution in [3.05, 3.63) is 29.8 Å². The van der Waals surface area contributed by atoms with E-state index in [0.717, 1.165) is 24.7 Å². The zero-order chi connectivity index (χ0) is 18.4. The van der Waals surface area contributed by atoms with Gasteiger partial charge in [0.25, 0.3) is 0 Å². The third kappa shape index (κ3) is 6.51. The Morgan fingerprint density at radius 2 is 1.62 bits per heavy atom. The second-order valence-electron chi connectivity index (χ2n) is 6.14. The van der Waals surface area contributed by atoms with E-state index in [1.807, 2.05) is 20.8 Å². The molecule has 0 saturated heterocycles. The summed E-state index contributed by atoms with van der Waals surface area (Å²) in [6, 6.07) is 6.73. The molecule has 0 aliphatic rings. The third-order valence-electron chi connectivity index (χ3n) is 3.74. The molecule has 0 spiro atoms. The Morgan fingerprint density at radius 1 is 1.04 bits per heavy atom. The molecule has 0 aliphatic heterocycles. The van der Waals surface area contributed by atoms with E-state index in [-0.39, 0.29) is 18.0 Å². The second-order valence-corrected chi connectivity index (χ2v) is 9.89. The van der Waals surface area contributed by atoms with E-state index < -0.39 is 20.0 Å². The molecular weight excluding hydrogens is 348 g/mol. The number of hydrogen-bond donors (Lipinski definition) is 1. The van der Waals surface area contributed by atoms with E-state index in [0.29, 0.717) is 12.5 Å². The minimum atomic E-state index is -3.64. The van der Waals surface area contributed by atoms with Gasteiger partial charge in [-0.05, 0) is 30.0 Å². The summed E-state index contributed by atoms with van der Waals surface area (Å²) in [4.78, 5) is 0.186. The van der Waals surface area contributed by atoms with Gasteiger partial charge in [-0.1, -0.05) is 39.3 Å². The highest BCUT2D eigenvalue weighted by atomic mass is 32.2. The minimum absolute atomic E-state index is 0.0467. The van der Waals surface area contributed by atoms with Crippen molar-refractivity contribution < 1.29 is 16.8 Å². The highest BCUT2D eigenvalue weighted by Crippen LogP contribution is 2.17. The Labute approximate surface area is 146 Å². The van der Waals surface area contributed by atoms with Crippen LogP contribution in [0.15, 0.2) is 29.2 Å². The van der Waals surface area contributed by atoms with Crippen LogP contribution >= 0.6 is 0 Å². The lowest BCUT2D eigenvalue weighted by Crippen LogP contribution is -2.38. The smallest absolute Gasteiger partial charge is 0.213 e. The molecule has 0 aromatic heterocycles. The summed E-state index contributed by atoms with van der Waals surface area (Å²) in [5.74, 6) is 0.330. The fraction of sp³-hybridized carbons (Fsp3) is 0.625. The molecular formula is C16H28N2O4S2. The Balaban J connectivity index is 2.70. The van der Waals surface area contributed by atoms with Crippen LogP contribution in [0.3, 0.4) is 0 Å². The van der Waals surface area contributed by atoms with Crippen molar-refractivity contribution in [1.29, 1.82) is 0 Å². The van der Waals surface area contributed by atoms with Crippen molar-refractivity contribution in [2.24, 2.45) is 0 Å². The molecule has 0 heterocycles. The van der Waals surface area contributed by atoms with Crippen molar-refractivity contribution in [1.82, 2.24) is 9.03 Å². The van der Waals surface area contributed by atoms with Crippen LogP contribution < -0.4 is 4.72 Å². The molecule has 0 bridgehead atoms. The normalized spacial score (nSPS) is 12.9. The molecule has 24 heavy (non-hydrogen) atoms. The van der Waals surface area contributed by atoms with Crippen molar-refractivity contribution in [2.75, 3.05) is 25.9 Å². The summed E-state index contributed by atoms with van der Waals surface area (Å²) in [7, 11) is -6.97. The molecule has 0 atom stereocenters. The van der Waals surface area contributed by atoms with Gasteiger partial charge in [0.2, 0.25) is 20.0 Å². The fourth-order valence-electron chi connectivity index (χ4n) is 2.20. The van der Waals surface area contributed by atoms with Gasteiger partial charge >= 0.3 is 0 Å². The van der Waals surface area contributed by atoms with E-state index in [2.05, 4.69) is 4.72 Å². The number of nitrogens with one attached hydrogen (secondary N) is 1. The fourth-order valence-corrected chi connectivity index (χ4v) is 4.10. The van der Waals surface area contributed by atoms with E-state index in [1.54, 1.807) is 24.3 Å². The third-order valence-corrected chi connectivity index (χ3v) is 6.52. The van der Waals surface area contributed by atoms with Crippen molar-refractivity contribution in [2.45, 2.75) is 44.4 Å². The van der Waals surface area contributed by atoms with E-state index in [1.165, 1.54) is 4.31 Å². The van der Waals surface area contributed by atoms with E-state index in [4.69, 9.17) is 0 Å². The number of sulfonamides is 2. The lowest BCUT2D eigenvalue weighted by atomic mass is 10.0. The first-order valence-electron chi connectivity index (χ1n) is 8.12. The largest absolute Gasteiger partial charge is 0.240 e. The van der Waals surface area contributed by atoms with Gasteiger partial charge in [0.05, 0.1) is 11.2 Å². The molecule has 1 aromatic rings. The first kappa shape index (κ1) is 21.1.